The number of amides is 1. The maximum absolute atomic E-state index is 12.2. The van der Waals surface area contributed by atoms with Crippen LogP contribution in [0.1, 0.15) is 30.0 Å². The molecule has 0 bridgehead atoms. The van der Waals surface area contributed by atoms with Crippen LogP contribution < -0.4 is 0 Å². The van der Waals surface area contributed by atoms with Gasteiger partial charge in [0, 0.05) is 44.6 Å². The average Bonchev–Trinajstić information content (AvgIpc) is 3.14. The first kappa shape index (κ1) is 11.7. The summed E-state index contributed by atoms with van der Waals surface area (Å²) in [7, 11) is 3.66. The quantitative estimate of drug-likeness (QED) is 0.799. The van der Waals surface area contributed by atoms with Crippen LogP contribution in [0, 0.1) is 5.92 Å². The summed E-state index contributed by atoms with van der Waals surface area (Å²) >= 11 is 0. The number of hydrogen-bond acceptors (Lipinski definition) is 3. The fourth-order valence-electron chi connectivity index (χ4n) is 2.85. The van der Waals surface area contributed by atoms with Crippen molar-refractivity contribution in [1.82, 2.24) is 14.7 Å². The Hall–Kier alpha value is -1.36. The maximum atomic E-state index is 12.2. The lowest BCUT2D eigenvalue weighted by atomic mass is 9.96. The van der Waals surface area contributed by atoms with Crippen LogP contribution in [0.5, 0.6) is 0 Å². The molecule has 0 aromatic carbocycles. The third kappa shape index (κ3) is 1.92. The largest absolute Gasteiger partial charge is 0.384 e. The van der Waals surface area contributed by atoms with Crippen molar-refractivity contribution in [2.75, 3.05) is 20.3 Å². The first-order valence-electron chi connectivity index (χ1n) is 6.49. The van der Waals surface area contributed by atoms with E-state index in [1.807, 2.05) is 22.8 Å². The first-order chi connectivity index (χ1) is 8.70. The third-order valence-corrected chi connectivity index (χ3v) is 3.86. The van der Waals surface area contributed by atoms with Gasteiger partial charge < -0.3 is 9.64 Å². The molecule has 0 spiro atoms. The SMILES string of the molecule is COCC1CN(C(=O)C2CC2)Cc2cnn(C)c21. The zero-order valence-corrected chi connectivity index (χ0v) is 10.9. The first-order valence-corrected chi connectivity index (χ1v) is 6.49. The number of rotatable bonds is 3. The van der Waals surface area contributed by atoms with Crippen LogP contribution >= 0.6 is 0 Å². The Labute approximate surface area is 107 Å². The number of nitrogens with zero attached hydrogens (tertiary/aromatic N) is 3. The Kier molecular flexibility index (Phi) is 2.86. The molecule has 1 unspecified atom stereocenters. The van der Waals surface area contributed by atoms with E-state index in [9.17, 15) is 4.79 Å². The Morgan fingerprint density at radius 2 is 2.33 bits per heavy atom. The van der Waals surface area contributed by atoms with Gasteiger partial charge in [-0.15, -0.1) is 0 Å². The highest BCUT2D eigenvalue weighted by atomic mass is 16.5. The fourth-order valence-corrected chi connectivity index (χ4v) is 2.85. The molecule has 1 aromatic rings. The summed E-state index contributed by atoms with van der Waals surface area (Å²) < 4.78 is 7.20. The standard InChI is InChI=1S/C13H19N3O2/c1-15-12-10(5-14-15)6-16(7-11(12)8-18-2)13(17)9-3-4-9/h5,9,11H,3-4,6-8H2,1-2H3. The highest BCUT2D eigenvalue weighted by Crippen LogP contribution is 2.35. The van der Waals surface area contributed by atoms with Gasteiger partial charge in [-0.25, -0.2) is 0 Å². The number of carbonyl (C=O) groups is 1. The van der Waals surface area contributed by atoms with Gasteiger partial charge in [0.25, 0.3) is 0 Å². The zero-order valence-electron chi connectivity index (χ0n) is 10.9. The Morgan fingerprint density at radius 1 is 1.56 bits per heavy atom. The lowest BCUT2D eigenvalue weighted by molar-refractivity contribution is -0.134. The van der Waals surface area contributed by atoms with Crippen molar-refractivity contribution in [1.29, 1.82) is 0 Å². The monoisotopic (exact) mass is 249 g/mol. The number of aryl methyl sites for hydroxylation is 1. The number of carbonyl (C=O) groups excluding carboxylic acids is 1. The van der Waals surface area contributed by atoms with E-state index < -0.39 is 0 Å². The van der Waals surface area contributed by atoms with Crippen molar-refractivity contribution in [2.45, 2.75) is 25.3 Å². The molecule has 1 amide bonds. The highest BCUT2D eigenvalue weighted by Gasteiger charge is 2.37. The molecular weight excluding hydrogens is 230 g/mol. The molecule has 0 radical (unpaired) electrons. The van der Waals surface area contributed by atoms with Crippen molar-refractivity contribution < 1.29 is 9.53 Å². The van der Waals surface area contributed by atoms with E-state index in [2.05, 4.69) is 5.10 Å². The molecule has 1 aliphatic heterocycles. The van der Waals surface area contributed by atoms with Crippen LogP contribution in [0.15, 0.2) is 6.20 Å². The number of ether oxygens (including phenoxy) is 1. The molecular formula is C13H19N3O2. The summed E-state index contributed by atoms with van der Waals surface area (Å²) in [5.74, 6) is 0.839. The van der Waals surface area contributed by atoms with Crippen molar-refractivity contribution >= 4 is 5.91 Å². The van der Waals surface area contributed by atoms with Gasteiger partial charge in [-0.2, -0.15) is 5.10 Å². The number of hydrogen-bond donors (Lipinski definition) is 0. The van der Waals surface area contributed by atoms with Gasteiger partial charge in [0.15, 0.2) is 0 Å². The van der Waals surface area contributed by atoms with E-state index in [1.165, 1.54) is 11.3 Å². The molecule has 1 aliphatic carbocycles. The predicted molar refractivity (Wildman–Crippen MR) is 66.0 cm³/mol. The van der Waals surface area contributed by atoms with E-state index >= 15 is 0 Å². The lowest BCUT2D eigenvalue weighted by Gasteiger charge is -2.33. The summed E-state index contributed by atoms with van der Waals surface area (Å²) in [5.41, 5.74) is 2.39. The number of methoxy groups -OCH3 is 1. The van der Waals surface area contributed by atoms with Crippen LogP contribution in [0.4, 0.5) is 0 Å². The normalized spacial score (nSPS) is 23.0. The molecule has 2 aliphatic rings. The van der Waals surface area contributed by atoms with Crippen molar-refractivity contribution in [3.8, 4) is 0 Å². The summed E-state index contributed by atoms with van der Waals surface area (Å²) in [6, 6.07) is 0. The van der Waals surface area contributed by atoms with E-state index in [0.29, 0.717) is 19.1 Å². The van der Waals surface area contributed by atoms with E-state index in [-0.39, 0.29) is 11.8 Å². The van der Waals surface area contributed by atoms with E-state index in [4.69, 9.17) is 4.74 Å². The zero-order chi connectivity index (χ0) is 12.7. The molecule has 1 atom stereocenters. The molecule has 1 aromatic heterocycles. The van der Waals surface area contributed by atoms with Gasteiger partial charge in [0.1, 0.15) is 0 Å². The summed E-state index contributed by atoms with van der Waals surface area (Å²) in [5, 5.41) is 4.31. The number of aromatic nitrogens is 2. The second-order valence-corrected chi connectivity index (χ2v) is 5.32. The Morgan fingerprint density at radius 3 is 3.00 bits per heavy atom. The van der Waals surface area contributed by atoms with Crippen LogP contribution in [-0.4, -0.2) is 40.8 Å². The molecule has 5 nitrogen and oxygen atoms in total. The molecule has 0 N–H and O–H groups in total. The van der Waals surface area contributed by atoms with Gasteiger partial charge in [-0.1, -0.05) is 0 Å². The second-order valence-electron chi connectivity index (χ2n) is 5.32. The van der Waals surface area contributed by atoms with Gasteiger partial charge in [0.05, 0.1) is 18.5 Å². The van der Waals surface area contributed by atoms with Crippen molar-refractivity contribution in [2.24, 2.45) is 13.0 Å². The van der Waals surface area contributed by atoms with E-state index in [1.54, 1.807) is 7.11 Å². The molecule has 18 heavy (non-hydrogen) atoms. The molecule has 98 valence electrons. The average molecular weight is 249 g/mol. The smallest absolute Gasteiger partial charge is 0.226 e. The summed E-state index contributed by atoms with van der Waals surface area (Å²) in [4.78, 5) is 14.2. The minimum Gasteiger partial charge on any atom is -0.384 e. The topological polar surface area (TPSA) is 47.4 Å². The van der Waals surface area contributed by atoms with Gasteiger partial charge in [0.2, 0.25) is 5.91 Å². The van der Waals surface area contributed by atoms with Gasteiger partial charge in [-0.05, 0) is 12.8 Å². The van der Waals surface area contributed by atoms with E-state index in [0.717, 1.165) is 19.4 Å². The highest BCUT2D eigenvalue weighted by molar-refractivity contribution is 5.81. The Bertz CT molecular complexity index is 465. The molecule has 1 fully saturated rings. The maximum Gasteiger partial charge on any atom is 0.226 e. The van der Waals surface area contributed by atoms with Crippen LogP contribution in [0.3, 0.4) is 0 Å². The van der Waals surface area contributed by atoms with Crippen LogP contribution in [0.25, 0.3) is 0 Å². The molecule has 3 rings (SSSR count). The Balaban J connectivity index is 1.85. The molecule has 2 heterocycles. The summed E-state index contributed by atoms with van der Waals surface area (Å²) in [6.07, 6.45) is 4.00. The summed E-state index contributed by atoms with van der Waals surface area (Å²) in [6.45, 7) is 2.11. The van der Waals surface area contributed by atoms with Crippen LogP contribution in [-0.2, 0) is 23.1 Å². The molecule has 1 saturated carbocycles. The van der Waals surface area contributed by atoms with Gasteiger partial charge in [-0.3, -0.25) is 9.48 Å². The second kappa shape index (κ2) is 4.39. The fraction of sp³-hybridized carbons (Fsp3) is 0.692. The molecule has 0 saturated heterocycles. The van der Waals surface area contributed by atoms with Crippen LogP contribution in [0.2, 0.25) is 0 Å². The predicted octanol–water partition coefficient (Wildman–Crippen LogP) is 0.902. The molecule has 5 heteroatoms. The minimum absolute atomic E-state index is 0.244. The van der Waals surface area contributed by atoms with Gasteiger partial charge >= 0.3 is 0 Å². The minimum atomic E-state index is 0.244. The third-order valence-electron chi connectivity index (χ3n) is 3.86. The lowest BCUT2D eigenvalue weighted by Crippen LogP contribution is -2.40. The number of fused-ring (bicyclic) bond motifs is 1. The van der Waals surface area contributed by atoms with Crippen molar-refractivity contribution in [3.63, 3.8) is 0 Å². The van der Waals surface area contributed by atoms with Crippen molar-refractivity contribution in [3.05, 3.63) is 17.5 Å².